The standard InChI is InChI=1S/C14H7BrClNO2/c15-8-5-6-12-10(7-8)14(18)19-13(17-12)9-3-1-2-4-11(9)16/h1-7H. The van der Waals surface area contributed by atoms with E-state index >= 15 is 0 Å². The molecule has 1 heterocycles. The average molecular weight is 337 g/mol. The van der Waals surface area contributed by atoms with Gasteiger partial charge in [-0.05, 0) is 30.3 Å². The van der Waals surface area contributed by atoms with Crippen LogP contribution in [0.25, 0.3) is 22.4 Å². The molecule has 2 aromatic carbocycles. The van der Waals surface area contributed by atoms with E-state index in [0.717, 1.165) is 4.47 Å². The lowest BCUT2D eigenvalue weighted by atomic mass is 10.2. The molecule has 0 spiro atoms. The van der Waals surface area contributed by atoms with Crippen LogP contribution in [0.2, 0.25) is 5.02 Å². The van der Waals surface area contributed by atoms with Crippen LogP contribution in [0.15, 0.2) is 56.1 Å². The normalized spacial score (nSPS) is 10.8. The number of aromatic nitrogens is 1. The Morgan fingerprint density at radius 1 is 1.16 bits per heavy atom. The summed E-state index contributed by atoms with van der Waals surface area (Å²) in [7, 11) is 0. The van der Waals surface area contributed by atoms with E-state index in [0.29, 0.717) is 21.5 Å². The highest BCUT2D eigenvalue weighted by Crippen LogP contribution is 2.26. The summed E-state index contributed by atoms with van der Waals surface area (Å²) in [6, 6.07) is 12.4. The summed E-state index contributed by atoms with van der Waals surface area (Å²) in [5, 5.41) is 0.930. The summed E-state index contributed by atoms with van der Waals surface area (Å²) in [6.45, 7) is 0. The summed E-state index contributed by atoms with van der Waals surface area (Å²) in [5.41, 5.74) is 0.752. The van der Waals surface area contributed by atoms with E-state index in [1.54, 1.807) is 24.3 Å². The second-order valence-electron chi connectivity index (χ2n) is 3.95. The molecule has 5 heteroatoms. The number of hydrogen-bond acceptors (Lipinski definition) is 3. The Kier molecular flexibility index (Phi) is 3.12. The Labute approximate surface area is 122 Å². The zero-order valence-corrected chi connectivity index (χ0v) is 11.9. The lowest BCUT2D eigenvalue weighted by Crippen LogP contribution is -2.03. The summed E-state index contributed by atoms with van der Waals surface area (Å²) in [6.07, 6.45) is 0. The van der Waals surface area contributed by atoms with Gasteiger partial charge in [-0.25, -0.2) is 9.78 Å². The molecule has 0 saturated carbocycles. The van der Waals surface area contributed by atoms with Crippen molar-refractivity contribution in [2.24, 2.45) is 0 Å². The molecule has 0 unspecified atom stereocenters. The van der Waals surface area contributed by atoms with Crippen molar-refractivity contribution >= 4 is 38.4 Å². The first-order valence-electron chi connectivity index (χ1n) is 5.50. The lowest BCUT2D eigenvalue weighted by Gasteiger charge is -2.03. The maximum atomic E-state index is 12.0. The first-order chi connectivity index (χ1) is 9.15. The van der Waals surface area contributed by atoms with E-state index < -0.39 is 5.63 Å². The topological polar surface area (TPSA) is 43.1 Å². The van der Waals surface area contributed by atoms with Gasteiger partial charge in [0.1, 0.15) is 0 Å². The van der Waals surface area contributed by atoms with Gasteiger partial charge >= 0.3 is 5.63 Å². The van der Waals surface area contributed by atoms with Gasteiger partial charge in [0, 0.05) is 4.47 Å². The predicted octanol–water partition coefficient (Wildman–Crippen LogP) is 4.27. The minimum absolute atomic E-state index is 0.227. The summed E-state index contributed by atoms with van der Waals surface area (Å²) < 4.78 is 6.05. The number of halogens is 2. The Hall–Kier alpha value is -1.65. The molecule has 3 aromatic rings. The van der Waals surface area contributed by atoms with Crippen LogP contribution in [-0.4, -0.2) is 4.98 Å². The molecule has 3 rings (SSSR count). The highest BCUT2D eigenvalue weighted by molar-refractivity contribution is 9.10. The minimum atomic E-state index is -0.429. The van der Waals surface area contributed by atoms with Crippen molar-refractivity contribution in [3.63, 3.8) is 0 Å². The molecular weight excluding hydrogens is 330 g/mol. The lowest BCUT2D eigenvalue weighted by molar-refractivity contribution is 0.518. The van der Waals surface area contributed by atoms with Gasteiger partial charge in [0.05, 0.1) is 21.5 Å². The molecule has 3 nitrogen and oxygen atoms in total. The maximum Gasteiger partial charge on any atom is 0.347 e. The average Bonchev–Trinajstić information content (AvgIpc) is 2.40. The quantitative estimate of drug-likeness (QED) is 0.666. The predicted molar refractivity (Wildman–Crippen MR) is 78.4 cm³/mol. The van der Waals surface area contributed by atoms with Crippen molar-refractivity contribution in [3.8, 4) is 11.5 Å². The number of rotatable bonds is 1. The van der Waals surface area contributed by atoms with Crippen LogP contribution < -0.4 is 5.63 Å². The van der Waals surface area contributed by atoms with Crippen LogP contribution in [0.3, 0.4) is 0 Å². The fourth-order valence-electron chi connectivity index (χ4n) is 1.79. The number of fused-ring (bicyclic) bond motifs is 1. The van der Waals surface area contributed by atoms with Crippen LogP contribution in [0.1, 0.15) is 0 Å². The highest BCUT2D eigenvalue weighted by atomic mass is 79.9. The highest BCUT2D eigenvalue weighted by Gasteiger charge is 2.11. The van der Waals surface area contributed by atoms with Crippen LogP contribution >= 0.6 is 27.5 Å². The van der Waals surface area contributed by atoms with Gasteiger partial charge in [-0.1, -0.05) is 39.7 Å². The molecule has 0 N–H and O–H groups in total. The maximum absolute atomic E-state index is 12.0. The first-order valence-corrected chi connectivity index (χ1v) is 6.67. The van der Waals surface area contributed by atoms with Gasteiger partial charge in [0.25, 0.3) is 0 Å². The minimum Gasteiger partial charge on any atom is -0.403 e. The Bertz CT molecular complexity index is 829. The van der Waals surface area contributed by atoms with Gasteiger partial charge in [-0.2, -0.15) is 0 Å². The summed E-state index contributed by atoms with van der Waals surface area (Å²) >= 11 is 9.39. The van der Waals surface area contributed by atoms with Gasteiger partial charge in [-0.3, -0.25) is 0 Å². The van der Waals surface area contributed by atoms with Crippen molar-refractivity contribution in [2.75, 3.05) is 0 Å². The molecular formula is C14H7BrClNO2. The second kappa shape index (κ2) is 4.79. The zero-order valence-electron chi connectivity index (χ0n) is 9.56. The Balaban J connectivity index is 2.31. The van der Waals surface area contributed by atoms with Crippen molar-refractivity contribution in [1.82, 2.24) is 4.98 Å². The van der Waals surface area contributed by atoms with E-state index in [-0.39, 0.29) is 5.89 Å². The first kappa shape index (κ1) is 12.4. The van der Waals surface area contributed by atoms with Crippen molar-refractivity contribution in [1.29, 1.82) is 0 Å². The third kappa shape index (κ3) is 2.29. The van der Waals surface area contributed by atoms with Gasteiger partial charge in [0.2, 0.25) is 5.89 Å². The number of hydrogen-bond donors (Lipinski definition) is 0. The van der Waals surface area contributed by atoms with Crippen molar-refractivity contribution < 1.29 is 4.42 Å². The van der Waals surface area contributed by atoms with E-state index in [9.17, 15) is 4.79 Å². The molecule has 0 radical (unpaired) electrons. The van der Waals surface area contributed by atoms with Crippen LogP contribution in [-0.2, 0) is 0 Å². The molecule has 0 aliphatic heterocycles. The molecule has 1 aromatic heterocycles. The molecule has 0 bridgehead atoms. The fraction of sp³-hybridized carbons (Fsp3) is 0. The smallest absolute Gasteiger partial charge is 0.347 e. The Morgan fingerprint density at radius 3 is 2.74 bits per heavy atom. The second-order valence-corrected chi connectivity index (χ2v) is 5.27. The third-order valence-corrected chi connectivity index (χ3v) is 3.52. The molecule has 0 saturated heterocycles. The van der Waals surface area contributed by atoms with E-state index in [2.05, 4.69) is 20.9 Å². The summed E-state index contributed by atoms with van der Waals surface area (Å²) in [5.74, 6) is 0.227. The fourth-order valence-corrected chi connectivity index (χ4v) is 2.37. The number of benzene rings is 2. The van der Waals surface area contributed by atoms with Crippen LogP contribution in [0, 0.1) is 0 Å². The van der Waals surface area contributed by atoms with Gasteiger partial charge in [-0.15, -0.1) is 0 Å². The SMILES string of the molecule is O=c1oc(-c2ccccc2Cl)nc2ccc(Br)cc12. The molecule has 94 valence electrons. The monoisotopic (exact) mass is 335 g/mol. The third-order valence-electron chi connectivity index (χ3n) is 2.69. The Morgan fingerprint density at radius 2 is 1.95 bits per heavy atom. The largest absolute Gasteiger partial charge is 0.403 e. The van der Waals surface area contributed by atoms with Crippen molar-refractivity contribution in [2.45, 2.75) is 0 Å². The van der Waals surface area contributed by atoms with Gasteiger partial charge in [0.15, 0.2) is 0 Å². The van der Waals surface area contributed by atoms with E-state index in [1.807, 2.05) is 18.2 Å². The van der Waals surface area contributed by atoms with E-state index in [1.165, 1.54) is 0 Å². The molecule has 0 amide bonds. The molecule has 0 aliphatic rings. The van der Waals surface area contributed by atoms with E-state index in [4.69, 9.17) is 16.0 Å². The van der Waals surface area contributed by atoms with Crippen LogP contribution in [0.5, 0.6) is 0 Å². The van der Waals surface area contributed by atoms with Crippen molar-refractivity contribution in [3.05, 3.63) is 62.4 Å². The summed E-state index contributed by atoms with van der Waals surface area (Å²) in [4.78, 5) is 16.3. The molecule has 0 aliphatic carbocycles. The van der Waals surface area contributed by atoms with Gasteiger partial charge < -0.3 is 4.42 Å². The molecule has 19 heavy (non-hydrogen) atoms. The zero-order chi connectivity index (χ0) is 13.4. The molecule has 0 fully saturated rings. The van der Waals surface area contributed by atoms with Crippen LogP contribution in [0.4, 0.5) is 0 Å². The molecule has 0 atom stereocenters. The number of nitrogens with zero attached hydrogens (tertiary/aromatic N) is 1.